The summed E-state index contributed by atoms with van der Waals surface area (Å²) >= 11 is 12.7. The van der Waals surface area contributed by atoms with Gasteiger partial charge in [0.05, 0.1) is 6.42 Å². The summed E-state index contributed by atoms with van der Waals surface area (Å²) in [5.41, 5.74) is 2.62. The number of amides is 2. The Hall–Kier alpha value is -2.04. The van der Waals surface area contributed by atoms with Crippen LogP contribution in [0.1, 0.15) is 43.4 Å². The summed E-state index contributed by atoms with van der Waals surface area (Å²) in [5, 5.41) is 3.86. The molecule has 29 heavy (non-hydrogen) atoms. The number of rotatable bonds is 9. The highest BCUT2D eigenvalue weighted by molar-refractivity contribution is 6.36. The molecule has 0 aliphatic rings. The number of aryl methyl sites for hydroxylation is 1. The van der Waals surface area contributed by atoms with Crippen LogP contribution in [0.3, 0.4) is 0 Å². The van der Waals surface area contributed by atoms with Crippen LogP contribution in [0.4, 0.5) is 0 Å². The smallest absolute Gasteiger partial charge is 0.242 e. The highest BCUT2D eigenvalue weighted by Crippen LogP contribution is 2.27. The first-order valence-corrected chi connectivity index (χ1v) is 10.6. The van der Waals surface area contributed by atoms with Crippen LogP contribution in [0.15, 0.2) is 42.5 Å². The maximum atomic E-state index is 13.2. The minimum atomic E-state index is -0.643. The highest BCUT2D eigenvalue weighted by atomic mass is 35.5. The van der Waals surface area contributed by atoms with E-state index in [1.807, 2.05) is 31.2 Å². The summed E-state index contributed by atoms with van der Waals surface area (Å²) in [6.45, 7) is 6.53. The van der Waals surface area contributed by atoms with Crippen molar-refractivity contribution in [2.24, 2.45) is 0 Å². The lowest BCUT2D eigenvalue weighted by molar-refractivity contribution is -0.140. The molecule has 2 amide bonds. The second-order valence-corrected chi connectivity index (χ2v) is 7.96. The first-order chi connectivity index (χ1) is 13.8. The first kappa shape index (κ1) is 23.2. The lowest BCUT2D eigenvalue weighted by Crippen LogP contribution is -2.48. The number of halogens is 2. The van der Waals surface area contributed by atoms with Crippen molar-refractivity contribution in [3.63, 3.8) is 0 Å². The lowest BCUT2D eigenvalue weighted by atomic mass is 10.0. The molecule has 0 radical (unpaired) electrons. The van der Waals surface area contributed by atoms with Crippen molar-refractivity contribution in [2.45, 2.75) is 52.6 Å². The van der Waals surface area contributed by atoms with Gasteiger partial charge in [0.2, 0.25) is 11.8 Å². The van der Waals surface area contributed by atoms with Gasteiger partial charge in [-0.3, -0.25) is 9.59 Å². The lowest BCUT2D eigenvalue weighted by Gasteiger charge is -2.29. The van der Waals surface area contributed by atoms with Crippen LogP contribution in [0.25, 0.3) is 0 Å². The Labute approximate surface area is 183 Å². The van der Waals surface area contributed by atoms with Crippen molar-refractivity contribution < 1.29 is 9.59 Å². The summed E-state index contributed by atoms with van der Waals surface area (Å²) in [6.07, 6.45) is 2.09. The molecule has 2 aromatic rings. The Balaban J connectivity index is 2.27. The van der Waals surface area contributed by atoms with Crippen molar-refractivity contribution >= 4 is 35.0 Å². The van der Waals surface area contributed by atoms with E-state index in [-0.39, 0.29) is 24.8 Å². The molecule has 0 bridgehead atoms. The first-order valence-electron chi connectivity index (χ1n) is 9.89. The van der Waals surface area contributed by atoms with Crippen molar-refractivity contribution in [3.05, 3.63) is 69.2 Å². The van der Waals surface area contributed by atoms with Crippen LogP contribution >= 0.6 is 23.2 Å². The molecule has 2 aromatic carbocycles. The summed E-state index contributed by atoms with van der Waals surface area (Å²) in [4.78, 5) is 27.5. The highest BCUT2D eigenvalue weighted by Gasteiger charge is 2.27. The zero-order valence-electron chi connectivity index (χ0n) is 17.2. The van der Waals surface area contributed by atoms with Crippen LogP contribution in [-0.4, -0.2) is 29.3 Å². The maximum Gasteiger partial charge on any atom is 0.242 e. The average molecular weight is 435 g/mol. The van der Waals surface area contributed by atoms with E-state index < -0.39 is 6.04 Å². The number of benzene rings is 2. The predicted molar refractivity (Wildman–Crippen MR) is 119 cm³/mol. The molecule has 0 saturated carbocycles. The van der Waals surface area contributed by atoms with Gasteiger partial charge in [0.1, 0.15) is 6.04 Å². The third-order valence-electron chi connectivity index (χ3n) is 4.99. The number of nitrogens with zero attached hydrogens (tertiary/aromatic N) is 1. The standard InChI is InChI=1S/C23H28Cl2N2O2/c1-4-5-13-26-23(29)17(3)27(15-19-20(24)11-8-12-21(19)25)22(28)14-18-10-7-6-9-16(18)2/h6-12,17H,4-5,13-15H2,1-3H3,(H,26,29). The Bertz CT molecular complexity index is 834. The molecule has 0 aromatic heterocycles. The molecule has 2 rings (SSSR count). The topological polar surface area (TPSA) is 49.4 Å². The summed E-state index contributed by atoms with van der Waals surface area (Å²) in [7, 11) is 0. The quantitative estimate of drug-likeness (QED) is 0.552. The second-order valence-electron chi connectivity index (χ2n) is 7.15. The molecule has 0 aliphatic heterocycles. The van der Waals surface area contributed by atoms with Gasteiger partial charge in [0.15, 0.2) is 0 Å². The summed E-state index contributed by atoms with van der Waals surface area (Å²) < 4.78 is 0. The molecule has 0 aliphatic carbocycles. The van der Waals surface area contributed by atoms with Crippen molar-refractivity contribution in [3.8, 4) is 0 Å². The van der Waals surface area contributed by atoms with Gasteiger partial charge in [0.25, 0.3) is 0 Å². The molecular formula is C23H28Cl2N2O2. The minimum Gasteiger partial charge on any atom is -0.354 e. The molecule has 6 heteroatoms. The van der Waals surface area contributed by atoms with E-state index in [2.05, 4.69) is 12.2 Å². The fourth-order valence-electron chi connectivity index (χ4n) is 3.05. The van der Waals surface area contributed by atoms with Gasteiger partial charge in [0, 0.05) is 28.7 Å². The Morgan fingerprint density at radius 3 is 2.34 bits per heavy atom. The molecule has 0 spiro atoms. The number of hydrogen-bond acceptors (Lipinski definition) is 2. The number of carbonyl (C=O) groups excluding carboxylic acids is 2. The molecule has 4 nitrogen and oxygen atoms in total. The third-order valence-corrected chi connectivity index (χ3v) is 5.70. The largest absolute Gasteiger partial charge is 0.354 e. The van der Waals surface area contributed by atoms with Crippen LogP contribution in [0.5, 0.6) is 0 Å². The Kier molecular flexibility index (Phi) is 8.99. The maximum absolute atomic E-state index is 13.2. The zero-order valence-corrected chi connectivity index (χ0v) is 18.7. The van der Waals surface area contributed by atoms with Crippen LogP contribution in [0, 0.1) is 6.92 Å². The van der Waals surface area contributed by atoms with E-state index in [0.717, 1.165) is 24.0 Å². The van der Waals surface area contributed by atoms with Gasteiger partial charge in [-0.25, -0.2) is 0 Å². The van der Waals surface area contributed by atoms with E-state index in [1.54, 1.807) is 30.0 Å². The van der Waals surface area contributed by atoms with Crippen molar-refractivity contribution in [2.75, 3.05) is 6.54 Å². The summed E-state index contributed by atoms with van der Waals surface area (Å²) in [6, 6.07) is 12.3. The van der Waals surface area contributed by atoms with Crippen molar-refractivity contribution in [1.29, 1.82) is 0 Å². The minimum absolute atomic E-state index is 0.145. The van der Waals surface area contributed by atoms with Gasteiger partial charge in [-0.05, 0) is 43.5 Å². The van der Waals surface area contributed by atoms with Gasteiger partial charge in [-0.15, -0.1) is 0 Å². The van der Waals surface area contributed by atoms with E-state index >= 15 is 0 Å². The number of unbranched alkanes of at least 4 members (excludes halogenated alkanes) is 1. The van der Waals surface area contributed by atoms with Crippen molar-refractivity contribution in [1.82, 2.24) is 10.2 Å². The number of carbonyl (C=O) groups is 2. The third kappa shape index (κ3) is 6.48. The Morgan fingerprint density at radius 1 is 1.07 bits per heavy atom. The van der Waals surface area contributed by atoms with Gasteiger partial charge < -0.3 is 10.2 Å². The number of hydrogen-bond donors (Lipinski definition) is 1. The zero-order chi connectivity index (χ0) is 21.4. The SMILES string of the molecule is CCCCNC(=O)C(C)N(Cc1c(Cl)cccc1Cl)C(=O)Cc1ccccc1C. The van der Waals surface area contributed by atoms with Gasteiger partial charge in [-0.2, -0.15) is 0 Å². The fourth-order valence-corrected chi connectivity index (χ4v) is 3.56. The van der Waals surface area contributed by atoms with Crippen LogP contribution < -0.4 is 5.32 Å². The van der Waals surface area contributed by atoms with Crippen LogP contribution in [0.2, 0.25) is 10.0 Å². The van der Waals surface area contributed by atoms with E-state index in [4.69, 9.17) is 23.2 Å². The predicted octanol–water partition coefficient (Wildman–Crippen LogP) is 5.18. The summed E-state index contributed by atoms with van der Waals surface area (Å²) in [5.74, 6) is -0.326. The van der Waals surface area contributed by atoms with Gasteiger partial charge in [-0.1, -0.05) is 66.9 Å². The molecule has 156 valence electrons. The average Bonchev–Trinajstić information content (AvgIpc) is 2.69. The molecular weight excluding hydrogens is 407 g/mol. The van der Waals surface area contributed by atoms with Gasteiger partial charge >= 0.3 is 0 Å². The molecule has 1 unspecified atom stereocenters. The normalized spacial score (nSPS) is 11.8. The molecule has 1 N–H and O–H groups in total. The Morgan fingerprint density at radius 2 is 1.72 bits per heavy atom. The molecule has 1 atom stereocenters. The van der Waals surface area contributed by atoms with E-state index in [1.165, 1.54) is 0 Å². The van der Waals surface area contributed by atoms with E-state index in [9.17, 15) is 9.59 Å². The van der Waals surface area contributed by atoms with Crippen LogP contribution in [-0.2, 0) is 22.6 Å². The number of nitrogens with one attached hydrogen (secondary N) is 1. The molecule has 0 fully saturated rings. The fraction of sp³-hybridized carbons (Fsp3) is 0.391. The van der Waals surface area contributed by atoms with E-state index in [0.29, 0.717) is 22.2 Å². The molecule has 0 saturated heterocycles. The molecule has 0 heterocycles. The second kappa shape index (κ2) is 11.2. The monoisotopic (exact) mass is 434 g/mol.